The maximum absolute atomic E-state index is 12.9. The first-order valence-corrected chi connectivity index (χ1v) is 10.0. The molecule has 0 radical (unpaired) electrons. The molecule has 3 aromatic rings. The van der Waals surface area contributed by atoms with Crippen molar-refractivity contribution in [2.24, 2.45) is 0 Å². The Bertz CT molecular complexity index is 1120. The third-order valence-electron chi connectivity index (χ3n) is 4.15. The van der Waals surface area contributed by atoms with Crippen LogP contribution in [0.15, 0.2) is 66.0 Å². The van der Waals surface area contributed by atoms with Gasteiger partial charge in [-0.2, -0.15) is 0 Å². The molecule has 0 saturated carbocycles. The second kappa shape index (κ2) is 8.80. The van der Waals surface area contributed by atoms with Crippen molar-refractivity contribution in [2.45, 2.75) is 11.4 Å². The smallest absolute Gasteiger partial charge is 0.337 e. The van der Waals surface area contributed by atoms with Crippen LogP contribution in [0.3, 0.4) is 0 Å². The highest BCUT2D eigenvalue weighted by Gasteiger charge is 2.22. The molecule has 3 rings (SSSR count). The van der Waals surface area contributed by atoms with E-state index in [9.17, 15) is 13.2 Å². The minimum Gasteiger partial charge on any atom is -0.495 e. The second-order valence-electron chi connectivity index (χ2n) is 5.93. The molecule has 0 unspecified atom stereocenters. The first-order valence-electron chi connectivity index (χ1n) is 8.56. The minimum absolute atomic E-state index is 0.00793. The Labute approximate surface area is 168 Å². The number of carbonyl (C=O) groups excluding carboxylic acids is 1. The summed E-state index contributed by atoms with van der Waals surface area (Å²) in [7, 11) is -1.41. The van der Waals surface area contributed by atoms with Crippen molar-refractivity contribution in [3.05, 3.63) is 72.2 Å². The Balaban J connectivity index is 1.91. The highest BCUT2D eigenvalue weighted by molar-refractivity contribution is 7.89. The molecule has 2 heterocycles. The molecule has 8 nitrogen and oxygen atoms in total. The van der Waals surface area contributed by atoms with Gasteiger partial charge in [-0.3, -0.25) is 9.97 Å². The summed E-state index contributed by atoms with van der Waals surface area (Å²) in [4.78, 5) is 20.0. The summed E-state index contributed by atoms with van der Waals surface area (Å²) in [6, 6.07) is 11.2. The monoisotopic (exact) mass is 413 g/mol. The standard InChI is InChI=1S/C20H19N3O5S/c1-27-17-8-7-14(20(24)28-2)11-18(17)29(25,26)23-13-16-6-4-10-22-19(16)15-5-3-9-21-12-15/h3-12,23H,13H2,1-2H3. The number of aromatic nitrogens is 2. The highest BCUT2D eigenvalue weighted by Crippen LogP contribution is 2.26. The van der Waals surface area contributed by atoms with Crippen LogP contribution in [0.1, 0.15) is 15.9 Å². The fourth-order valence-corrected chi connectivity index (χ4v) is 3.93. The summed E-state index contributed by atoms with van der Waals surface area (Å²) in [6.07, 6.45) is 4.93. The predicted molar refractivity (Wildman–Crippen MR) is 106 cm³/mol. The van der Waals surface area contributed by atoms with Crippen LogP contribution in [0.25, 0.3) is 11.3 Å². The number of hydrogen-bond acceptors (Lipinski definition) is 7. The second-order valence-corrected chi connectivity index (χ2v) is 7.67. The van der Waals surface area contributed by atoms with Gasteiger partial charge in [0.15, 0.2) is 0 Å². The van der Waals surface area contributed by atoms with Gasteiger partial charge in [-0.15, -0.1) is 0 Å². The molecule has 2 aromatic heterocycles. The van der Waals surface area contributed by atoms with Crippen molar-refractivity contribution in [1.29, 1.82) is 0 Å². The number of ether oxygens (including phenoxy) is 2. The van der Waals surface area contributed by atoms with Crippen LogP contribution in [-0.4, -0.2) is 38.6 Å². The zero-order chi connectivity index (χ0) is 20.9. The summed E-state index contributed by atoms with van der Waals surface area (Å²) in [5, 5.41) is 0. The van der Waals surface area contributed by atoms with Crippen LogP contribution in [0.4, 0.5) is 0 Å². The summed E-state index contributed by atoms with van der Waals surface area (Å²) < 4.78 is 38.2. The molecule has 1 aromatic carbocycles. The van der Waals surface area contributed by atoms with Gasteiger partial charge in [0.25, 0.3) is 0 Å². The highest BCUT2D eigenvalue weighted by atomic mass is 32.2. The Morgan fingerprint density at radius 3 is 2.59 bits per heavy atom. The molecule has 0 amide bonds. The maximum Gasteiger partial charge on any atom is 0.337 e. The molecule has 150 valence electrons. The number of sulfonamides is 1. The van der Waals surface area contributed by atoms with E-state index >= 15 is 0 Å². The number of methoxy groups -OCH3 is 2. The lowest BCUT2D eigenvalue weighted by molar-refractivity contribution is 0.0600. The van der Waals surface area contributed by atoms with Gasteiger partial charge >= 0.3 is 5.97 Å². The number of benzene rings is 1. The molecule has 9 heteroatoms. The van der Waals surface area contributed by atoms with Crippen LogP contribution in [0, 0.1) is 0 Å². The van der Waals surface area contributed by atoms with Gasteiger partial charge in [-0.05, 0) is 42.0 Å². The normalized spacial score (nSPS) is 11.1. The number of pyridine rings is 2. The molecular formula is C20H19N3O5S. The fraction of sp³-hybridized carbons (Fsp3) is 0.150. The van der Waals surface area contributed by atoms with E-state index in [-0.39, 0.29) is 22.8 Å². The molecule has 0 aliphatic heterocycles. The summed E-state index contributed by atoms with van der Waals surface area (Å²) in [5.74, 6) is -0.529. The van der Waals surface area contributed by atoms with Crippen molar-refractivity contribution in [1.82, 2.24) is 14.7 Å². The third-order valence-corrected chi connectivity index (χ3v) is 5.58. The molecule has 0 saturated heterocycles. The molecule has 1 N–H and O–H groups in total. The molecule has 0 fully saturated rings. The minimum atomic E-state index is -3.99. The van der Waals surface area contributed by atoms with Crippen molar-refractivity contribution in [3.8, 4) is 17.0 Å². The van der Waals surface area contributed by atoms with Crippen molar-refractivity contribution >= 4 is 16.0 Å². The van der Waals surface area contributed by atoms with Crippen LogP contribution in [0.5, 0.6) is 5.75 Å². The number of rotatable bonds is 7. The lowest BCUT2D eigenvalue weighted by atomic mass is 10.1. The van der Waals surface area contributed by atoms with Crippen LogP contribution >= 0.6 is 0 Å². The lowest BCUT2D eigenvalue weighted by Gasteiger charge is -2.13. The van der Waals surface area contributed by atoms with Gasteiger partial charge < -0.3 is 9.47 Å². The topological polar surface area (TPSA) is 107 Å². The quantitative estimate of drug-likeness (QED) is 0.593. The van der Waals surface area contributed by atoms with Gasteiger partial charge in [-0.25, -0.2) is 17.9 Å². The maximum atomic E-state index is 12.9. The zero-order valence-corrected chi connectivity index (χ0v) is 16.6. The fourth-order valence-electron chi connectivity index (χ4n) is 2.73. The van der Waals surface area contributed by atoms with E-state index in [1.807, 2.05) is 6.07 Å². The molecule has 0 aliphatic rings. The summed E-state index contributed by atoms with van der Waals surface area (Å²) >= 11 is 0. The number of nitrogens with zero attached hydrogens (tertiary/aromatic N) is 2. The number of nitrogens with one attached hydrogen (secondary N) is 1. The lowest BCUT2D eigenvalue weighted by Crippen LogP contribution is -2.24. The molecule has 0 bridgehead atoms. The first-order chi connectivity index (χ1) is 14.0. The van der Waals surface area contributed by atoms with E-state index in [0.29, 0.717) is 11.3 Å². The Morgan fingerprint density at radius 1 is 1.10 bits per heavy atom. The third kappa shape index (κ3) is 4.58. The van der Waals surface area contributed by atoms with Crippen molar-refractivity contribution < 1.29 is 22.7 Å². The molecule has 0 aliphatic carbocycles. The molecular weight excluding hydrogens is 394 g/mol. The van der Waals surface area contributed by atoms with Crippen LogP contribution in [0.2, 0.25) is 0 Å². The van der Waals surface area contributed by atoms with E-state index in [2.05, 4.69) is 19.4 Å². The van der Waals surface area contributed by atoms with E-state index in [1.165, 1.54) is 32.4 Å². The average Bonchev–Trinajstić information content (AvgIpc) is 2.77. The summed E-state index contributed by atoms with van der Waals surface area (Å²) in [5.41, 5.74) is 2.17. The Hall–Kier alpha value is -3.30. The van der Waals surface area contributed by atoms with Gasteiger partial charge in [0, 0.05) is 30.7 Å². The van der Waals surface area contributed by atoms with Crippen molar-refractivity contribution in [2.75, 3.05) is 14.2 Å². The number of carbonyl (C=O) groups is 1. The molecule has 0 atom stereocenters. The average molecular weight is 413 g/mol. The van der Waals surface area contributed by atoms with Gasteiger partial charge in [-0.1, -0.05) is 6.07 Å². The van der Waals surface area contributed by atoms with Gasteiger partial charge in [0.05, 0.1) is 25.5 Å². The molecule has 0 spiro atoms. The van der Waals surface area contributed by atoms with Crippen LogP contribution in [-0.2, 0) is 21.3 Å². The SMILES string of the molecule is COC(=O)c1ccc(OC)c(S(=O)(=O)NCc2cccnc2-c2cccnc2)c1. The zero-order valence-electron chi connectivity index (χ0n) is 15.8. The van der Waals surface area contributed by atoms with Crippen molar-refractivity contribution in [3.63, 3.8) is 0 Å². The first kappa shape index (κ1) is 20.4. The summed E-state index contributed by atoms with van der Waals surface area (Å²) in [6.45, 7) is -0.00793. The number of hydrogen-bond donors (Lipinski definition) is 1. The van der Waals surface area contributed by atoms with E-state index in [0.717, 1.165) is 5.56 Å². The van der Waals surface area contributed by atoms with E-state index < -0.39 is 16.0 Å². The van der Waals surface area contributed by atoms with Gasteiger partial charge in [0.1, 0.15) is 10.6 Å². The Morgan fingerprint density at radius 2 is 1.90 bits per heavy atom. The van der Waals surface area contributed by atoms with E-state index in [4.69, 9.17) is 4.74 Å². The number of esters is 1. The predicted octanol–water partition coefficient (Wildman–Crippen LogP) is 2.42. The molecule has 29 heavy (non-hydrogen) atoms. The van der Waals surface area contributed by atoms with E-state index in [1.54, 1.807) is 36.8 Å². The van der Waals surface area contributed by atoms with Gasteiger partial charge in [0.2, 0.25) is 10.0 Å². The largest absolute Gasteiger partial charge is 0.495 e. The van der Waals surface area contributed by atoms with Crippen LogP contribution < -0.4 is 9.46 Å². The Kier molecular flexibility index (Phi) is 6.20.